The van der Waals surface area contributed by atoms with E-state index in [0.29, 0.717) is 30.8 Å². The zero-order chi connectivity index (χ0) is 9.90. The minimum atomic E-state index is -0.226. The smallest absolute Gasteiger partial charge is 0.138 e. The van der Waals surface area contributed by atoms with Gasteiger partial charge < -0.3 is 0 Å². The van der Waals surface area contributed by atoms with Crippen molar-refractivity contribution in [2.45, 2.75) is 52.4 Å². The summed E-state index contributed by atoms with van der Waals surface area (Å²) in [4.78, 5) is 23.0. The molecule has 1 aliphatic rings. The summed E-state index contributed by atoms with van der Waals surface area (Å²) in [6, 6.07) is 0. The fourth-order valence-electron chi connectivity index (χ4n) is 1.80. The van der Waals surface area contributed by atoms with E-state index in [1.54, 1.807) is 0 Å². The van der Waals surface area contributed by atoms with Gasteiger partial charge in [0.05, 0.1) is 0 Å². The van der Waals surface area contributed by atoms with Gasteiger partial charge in [-0.3, -0.25) is 9.59 Å². The summed E-state index contributed by atoms with van der Waals surface area (Å²) in [7, 11) is 0. The maximum atomic E-state index is 11.7. The lowest BCUT2D eigenvalue weighted by Gasteiger charge is -2.28. The molecule has 1 fully saturated rings. The van der Waals surface area contributed by atoms with Gasteiger partial charge in [0.25, 0.3) is 0 Å². The van der Waals surface area contributed by atoms with Crippen molar-refractivity contribution in [3.05, 3.63) is 0 Å². The highest BCUT2D eigenvalue weighted by atomic mass is 16.1. The summed E-state index contributed by atoms with van der Waals surface area (Å²) in [6.45, 7) is 4.03. The second-order valence-corrected chi connectivity index (χ2v) is 4.23. The number of ketones is 2. The van der Waals surface area contributed by atoms with Gasteiger partial charge in [-0.05, 0) is 19.3 Å². The van der Waals surface area contributed by atoms with E-state index in [4.69, 9.17) is 0 Å². The lowest BCUT2D eigenvalue weighted by molar-refractivity contribution is -0.131. The standard InChI is InChI=1S/C11H18O2/c1-3-11(2)8-7-9(12)5-4-6-10(11)13/h3-8H2,1-2H3. The van der Waals surface area contributed by atoms with Crippen LogP contribution in [0.3, 0.4) is 0 Å². The molecule has 0 aromatic heterocycles. The monoisotopic (exact) mass is 182 g/mol. The summed E-state index contributed by atoms with van der Waals surface area (Å²) >= 11 is 0. The number of hydrogen-bond acceptors (Lipinski definition) is 2. The number of Topliss-reactive ketones (excluding diaryl/α,β-unsaturated/α-hetero) is 2. The molecule has 2 heteroatoms. The summed E-state index contributed by atoms with van der Waals surface area (Å²) < 4.78 is 0. The van der Waals surface area contributed by atoms with Crippen molar-refractivity contribution in [1.29, 1.82) is 0 Å². The molecule has 74 valence electrons. The molecule has 1 atom stereocenters. The number of hydrogen-bond donors (Lipinski definition) is 0. The van der Waals surface area contributed by atoms with Crippen LogP contribution >= 0.6 is 0 Å². The van der Waals surface area contributed by atoms with Crippen LogP contribution in [0.1, 0.15) is 52.4 Å². The molecule has 0 heterocycles. The van der Waals surface area contributed by atoms with Crippen LogP contribution < -0.4 is 0 Å². The van der Waals surface area contributed by atoms with Gasteiger partial charge in [0.2, 0.25) is 0 Å². The average molecular weight is 182 g/mol. The Kier molecular flexibility index (Phi) is 3.23. The Labute approximate surface area is 79.7 Å². The molecule has 0 bridgehead atoms. The maximum Gasteiger partial charge on any atom is 0.138 e. The van der Waals surface area contributed by atoms with Crippen LogP contribution in [0.25, 0.3) is 0 Å². The van der Waals surface area contributed by atoms with Gasteiger partial charge in [-0.15, -0.1) is 0 Å². The topological polar surface area (TPSA) is 34.1 Å². The zero-order valence-electron chi connectivity index (χ0n) is 8.56. The van der Waals surface area contributed by atoms with Crippen molar-refractivity contribution < 1.29 is 9.59 Å². The molecule has 0 aromatic carbocycles. The Morgan fingerprint density at radius 1 is 1.23 bits per heavy atom. The minimum absolute atomic E-state index is 0.226. The van der Waals surface area contributed by atoms with Crippen LogP contribution in [0.5, 0.6) is 0 Å². The zero-order valence-corrected chi connectivity index (χ0v) is 8.56. The SMILES string of the molecule is CCC1(C)CCC(=O)CCCC1=O. The Bertz CT molecular complexity index is 220. The molecular formula is C11H18O2. The third-order valence-electron chi connectivity index (χ3n) is 3.27. The van der Waals surface area contributed by atoms with Gasteiger partial charge in [-0.2, -0.15) is 0 Å². The van der Waals surface area contributed by atoms with E-state index >= 15 is 0 Å². The highest BCUT2D eigenvalue weighted by Gasteiger charge is 2.32. The van der Waals surface area contributed by atoms with Crippen molar-refractivity contribution in [3.63, 3.8) is 0 Å². The van der Waals surface area contributed by atoms with E-state index in [2.05, 4.69) is 0 Å². The van der Waals surface area contributed by atoms with E-state index in [1.807, 2.05) is 13.8 Å². The van der Waals surface area contributed by atoms with Crippen molar-refractivity contribution >= 4 is 11.6 Å². The predicted octanol–water partition coefficient (Wildman–Crippen LogP) is 2.51. The van der Waals surface area contributed by atoms with Crippen LogP contribution in [0.15, 0.2) is 0 Å². The Balaban J connectivity index is 2.69. The number of rotatable bonds is 1. The minimum Gasteiger partial charge on any atom is -0.300 e. The van der Waals surface area contributed by atoms with Gasteiger partial charge in [0.1, 0.15) is 11.6 Å². The van der Waals surface area contributed by atoms with Gasteiger partial charge >= 0.3 is 0 Å². The molecule has 0 aliphatic heterocycles. The second-order valence-electron chi connectivity index (χ2n) is 4.23. The lowest BCUT2D eigenvalue weighted by atomic mass is 9.75. The fourth-order valence-corrected chi connectivity index (χ4v) is 1.80. The van der Waals surface area contributed by atoms with Crippen LogP contribution in [0.2, 0.25) is 0 Å². The molecular weight excluding hydrogens is 164 g/mol. The molecule has 0 aromatic rings. The van der Waals surface area contributed by atoms with Crippen molar-refractivity contribution in [2.24, 2.45) is 5.41 Å². The Morgan fingerprint density at radius 3 is 2.54 bits per heavy atom. The third-order valence-corrected chi connectivity index (χ3v) is 3.27. The van der Waals surface area contributed by atoms with E-state index in [9.17, 15) is 9.59 Å². The molecule has 0 radical (unpaired) electrons. The molecule has 2 nitrogen and oxygen atoms in total. The van der Waals surface area contributed by atoms with Crippen LogP contribution in [-0.4, -0.2) is 11.6 Å². The average Bonchev–Trinajstić information content (AvgIpc) is 2.12. The van der Waals surface area contributed by atoms with Gasteiger partial charge in [-0.1, -0.05) is 13.8 Å². The molecule has 0 saturated heterocycles. The van der Waals surface area contributed by atoms with Crippen molar-refractivity contribution in [3.8, 4) is 0 Å². The van der Waals surface area contributed by atoms with Gasteiger partial charge in [0.15, 0.2) is 0 Å². The first-order valence-electron chi connectivity index (χ1n) is 5.13. The third kappa shape index (κ3) is 2.39. The summed E-state index contributed by atoms with van der Waals surface area (Å²) in [5, 5.41) is 0. The van der Waals surface area contributed by atoms with E-state index < -0.39 is 0 Å². The van der Waals surface area contributed by atoms with E-state index in [-0.39, 0.29) is 5.41 Å². The van der Waals surface area contributed by atoms with Crippen LogP contribution in [-0.2, 0) is 9.59 Å². The molecule has 1 rings (SSSR count). The molecule has 1 unspecified atom stereocenters. The van der Waals surface area contributed by atoms with Gasteiger partial charge in [0, 0.05) is 24.7 Å². The Hall–Kier alpha value is -0.660. The fraction of sp³-hybridized carbons (Fsp3) is 0.818. The number of carbonyl (C=O) groups excluding carboxylic acids is 2. The second kappa shape index (κ2) is 4.03. The molecule has 1 aliphatic carbocycles. The van der Waals surface area contributed by atoms with Crippen LogP contribution in [0, 0.1) is 5.41 Å². The summed E-state index contributed by atoms with van der Waals surface area (Å²) in [6.07, 6.45) is 4.16. The first kappa shape index (κ1) is 10.4. The molecule has 0 amide bonds. The van der Waals surface area contributed by atoms with Gasteiger partial charge in [-0.25, -0.2) is 0 Å². The lowest BCUT2D eigenvalue weighted by Crippen LogP contribution is -2.29. The highest BCUT2D eigenvalue weighted by Crippen LogP contribution is 2.32. The van der Waals surface area contributed by atoms with Crippen molar-refractivity contribution in [1.82, 2.24) is 0 Å². The maximum absolute atomic E-state index is 11.7. The summed E-state index contributed by atoms with van der Waals surface area (Å²) in [5.41, 5.74) is -0.226. The molecule has 13 heavy (non-hydrogen) atoms. The quantitative estimate of drug-likeness (QED) is 0.624. The van der Waals surface area contributed by atoms with Crippen molar-refractivity contribution in [2.75, 3.05) is 0 Å². The van der Waals surface area contributed by atoms with E-state index in [0.717, 1.165) is 19.3 Å². The predicted molar refractivity (Wildman–Crippen MR) is 51.5 cm³/mol. The summed E-state index contributed by atoms with van der Waals surface area (Å²) in [5.74, 6) is 0.676. The first-order valence-corrected chi connectivity index (χ1v) is 5.13. The van der Waals surface area contributed by atoms with E-state index in [1.165, 1.54) is 0 Å². The Morgan fingerprint density at radius 2 is 1.92 bits per heavy atom. The molecule has 0 spiro atoms. The van der Waals surface area contributed by atoms with Crippen LogP contribution in [0.4, 0.5) is 0 Å². The first-order chi connectivity index (χ1) is 6.08. The number of carbonyl (C=O) groups is 2. The molecule has 0 N–H and O–H groups in total. The largest absolute Gasteiger partial charge is 0.300 e. The molecule has 1 saturated carbocycles. The normalized spacial score (nSPS) is 31.2. The highest BCUT2D eigenvalue weighted by molar-refractivity contribution is 5.87.